The Morgan fingerprint density at radius 3 is 2.53 bits per heavy atom. The summed E-state index contributed by atoms with van der Waals surface area (Å²) >= 11 is 0. The maximum atomic E-state index is 13.7. The summed E-state index contributed by atoms with van der Waals surface area (Å²) in [6, 6.07) is 9.07. The highest BCUT2D eigenvalue weighted by Gasteiger charge is 2.31. The van der Waals surface area contributed by atoms with Crippen LogP contribution in [-0.4, -0.2) is 51.7 Å². The van der Waals surface area contributed by atoms with Gasteiger partial charge in [0.05, 0.1) is 18.8 Å². The molecular weight excluding hydrogens is 446 g/mol. The van der Waals surface area contributed by atoms with Gasteiger partial charge in [-0.15, -0.1) is 0 Å². The minimum Gasteiger partial charge on any atom is -0.494 e. The van der Waals surface area contributed by atoms with Crippen LogP contribution >= 0.6 is 0 Å². The van der Waals surface area contributed by atoms with E-state index < -0.39 is 18.1 Å². The molecule has 1 aromatic carbocycles. The summed E-state index contributed by atoms with van der Waals surface area (Å²) < 4.78 is 41.6. The summed E-state index contributed by atoms with van der Waals surface area (Å²) in [5.74, 6) is 0.375. The highest BCUT2D eigenvalue weighted by atomic mass is 32.2. The number of sulfonamides is 1. The number of aromatic nitrogens is 3. The van der Waals surface area contributed by atoms with Crippen LogP contribution in [0.4, 0.5) is 5.69 Å². The first-order chi connectivity index (χ1) is 15.1. The highest BCUT2D eigenvalue weighted by Crippen LogP contribution is 2.39. The molecular formula is C21H27N5O4SSi. The van der Waals surface area contributed by atoms with E-state index in [1.807, 2.05) is 12.1 Å². The van der Waals surface area contributed by atoms with E-state index in [9.17, 15) is 8.42 Å². The number of hydrogen-bond acceptors (Lipinski definition) is 7. The number of nitriles is 1. The van der Waals surface area contributed by atoms with E-state index >= 15 is 0 Å². The Kier molecular flexibility index (Phi) is 6.87. The Labute approximate surface area is 189 Å². The van der Waals surface area contributed by atoms with Crippen molar-refractivity contribution in [1.82, 2.24) is 14.8 Å². The van der Waals surface area contributed by atoms with E-state index in [2.05, 4.69) is 29.7 Å². The quantitative estimate of drug-likeness (QED) is 0.266. The van der Waals surface area contributed by atoms with Crippen LogP contribution in [0.5, 0.6) is 5.75 Å². The standard InChI is InChI=1S/C21H27N5O4SSi/c1-25-20-16(13-24-25)6-9-19(29-2)21(20)26(15-30-10-11-32(3,4)5)31(27,28)18-8-7-17(12-22)23-14-18/h6-9,13-14H,10-11,15H2,1-5H3. The van der Waals surface area contributed by atoms with Crippen molar-refractivity contribution >= 4 is 34.7 Å². The van der Waals surface area contributed by atoms with Crippen LogP contribution in [0.25, 0.3) is 10.9 Å². The third kappa shape index (κ3) is 4.93. The fourth-order valence-corrected chi connectivity index (χ4v) is 5.21. The molecule has 0 unspecified atom stereocenters. The molecule has 0 saturated heterocycles. The fourth-order valence-electron chi connectivity index (χ4n) is 3.14. The zero-order valence-corrected chi connectivity index (χ0v) is 20.7. The third-order valence-corrected chi connectivity index (χ3v) is 8.36. The molecule has 0 atom stereocenters. The molecule has 0 aliphatic carbocycles. The normalized spacial score (nSPS) is 12.0. The number of hydrogen-bond donors (Lipinski definition) is 0. The lowest BCUT2D eigenvalue weighted by atomic mass is 10.2. The van der Waals surface area contributed by atoms with Crippen molar-refractivity contribution in [2.24, 2.45) is 7.05 Å². The van der Waals surface area contributed by atoms with Gasteiger partial charge in [0.15, 0.2) is 0 Å². The summed E-state index contributed by atoms with van der Waals surface area (Å²) in [6.07, 6.45) is 2.84. The predicted octanol–water partition coefficient (Wildman–Crippen LogP) is 3.36. The molecule has 170 valence electrons. The molecule has 0 aliphatic rings. The second-order valence-electron chi connectivity index (χ2n) is 8.51. The zero-order chi connectivity index (χ0) is 23.5. The van der Waals surface area contributed by atoms with E-state index in [0.29, 0.717) is 23.6 Å². The molecule has 32 heavy (non-hydrogen) atoms. The van der Waals surface area contributed by atoms with E-state index in [-0.39, 0.29) is 17.3 Å². The Morgan fingerprint density at radius 2 is 1.94 bits per heavy atom. The zero-order valence-electron chi connectivity index (χ0n) is 18.9. The molecule has 0 N–H and O–H groups in total. The third-order valence-electron chi connectivity index (χ3n) is 4.95. The lowest BCUT2D eigenvalue weighted by molar-refractivity contribution is 0.156. The predicted molar refractivity (Wildman–Crippen MR) is 125 cm³/mol. The lowest BCUT2D eigenvalue weighted by Crippen LogP contribution is -2.35. The number of fused-ring (bicyclic) bond motifs is 1. The smallest absolute Gasteiger partial charge is 0.267 e. The van der Waals surface area contributed by atoms with E-state index in [1.165, 1.54) is 29.7 Å². The Balaban J connectivity index is 2.12. The summed E-state index contributed by atoms with van der Waals surface area (Å²) in [5, 5.41) is 14.0. The molecule has 0 aliphatic heterocycles. The van der Waals surface area contributed by atoms with Crippen LogP contribution in [0, 0.1) is 11.3 Å². The molecule has 9 nitrogen and oxygen atoms in total. The molecule has 0 fully saturated rings. The minimum absolute atomic E-state index is 0.0495. The van der Waals surface area contributed by atoms with Crippen molar-refractivity contribution in [2.45, 2.75) is 30.6 Å². The van der Waals surface area contributed by atoms with Crippen molar-refractivity contribution in [1.29, 1.82) is 5.26 Å². The van der Waals surface area contributed by atoms with Crippen LogP contribution in [0.15, 0.2) is 41.6 Å². The van der Waals surface area contributed by atoms with Gasteiger partial charge in [-0.05, 0) is 30.3 Å². The van der Waals surface area contributed by atoms with Crippen molar-refractivity contribution in [3.05, 3.63) is 42.4 Å². The molecule has 0 saturated carbocycles. The van der Waals surface area contributed by atoms with Crippen LogP contribution in [0.3, 0.4) is 0 Å². The van der Waals surface area contributed by atoms with Crippen molar-refractivity contribution < 1.29 is 17.9 Å². The van der Waals surface area contributed by atoms with Crippen LogP contribution in [-0.2, 0) is 21.8 Å². The van der Waals surface area contributed by atoms with Gasteiger partial charge in [-0.25, -0.2) is 17.7 Å². The number of rotatable bonds is 9. The molecule has 0 spiro atoms. The average Bonchev–Trinajstić information content (AvgIpc) is 3.13. The second kappa shape index (κ2) is 9.28. The van der Waals surface area contributed by atoms with Gasteiger partial charge in [0, 0.05) is 33.3 Å². The van der Waals surface area contributed by atoms with Gasteiger partial charge in [-0.1, -0.05) is 19.6 Å². The minimum atomic E-state index is -4.09. The second-order valence-corrected chi connectivity index (χ2v) is 16.0. The monoisotopic (exact) mass is 473 g/mol. The van der Waals surface area contributed by atoms with Crippen LogP contribution < -0.4 is 9.04 Å². The van der Waals surface area contributed by atoms with Crippen LogP contribution in [0.2, 0.25) is 25.7 Å². The van der Waals surface area contributed by atoms with Crippen molar-refractivity contribution in [2.75, 3.05) is 24.8 Å². The van der Waals surface area contributed by atoms with Gasteiger partial charge in [0.25, 0.3) is 10.0 Å². The largest absolute Gasteiger partial charge is 0.494 e. The maximum Gasteiger partial charge on any atom is 0.267 e. The fraction of sp³-hybridized carbons (Fsp3) is 0.381. The van der Waals surface area contributed by atoms with Gasteiger partial charge < -0.3 is 9.47 Å². The Bertz CT molecular complexity index is 1240. The first-order valence-corrected chi connectivity index (χ1v) is 15.2. The number of methoxy groups -OCH3 is 1. The molecule has 2 aromatic heterocycles. The first kappa shape index (κ1) is 23.7. The average molecular weight is 474 g/mol. The topological polar surface area (TPSA) is 110 Å². The summed E-state index contributed by atoms with van der Waals surface area (Å²) in [7, 11) is -2.22. The number of anilines is 1. The van der Waals surface area contributed by atoms with Gasteiger partial charge >= 0.3 is 0 Å². The molecule has 0 bridgehead atoms. The maximum absolute atomic E-state index is 13.7. The van der Waals surface area contributed by atoms with Crippen LogP contribution in [0.1, 0.15) is 5.69 Å². The Morgan fingerprint density at radius 1 is 1.19 bits per heavy atom. The lowest BCUT2D eigenvalue weighted by Gasteiger charge is -2.27. The number of ether oxygens (including phenoxy) is 2. The number of aryl methyl sites for hydroxylation is 1. The molecule has 0 radical (unpaired) electrons. The molecule has 3 aromatic rings. The molecule has 3 rings (SSSR count). The van der Waals surface area contributed by atoms with Crippen molar-refractivity contribution in [3.63, 3.8) is 0 Å². The number of nitrogens with zero attached hydrogens (tertiary/aromatic N) is 5. The molecule has 11 heteroatoms. The number of benzene rings is 1. The van der Waals surface area contributed by atoms with Gasteiger partial charge in [-0.2, -0.15) is 10.4 Å². The van der Waals surface area contributed by atoms with E-state index in [4.69, 9.17) is 14.7 Å². The van der Waals surface area contributed by atoms with E-state index in [0.717, 1.165) is 11.4 Å². The first-order valence-electron chi connectivity index (χ1n) is 10.0. The van der Waals surface area contributed by atoms with Gasteiger partial charge in [-0.3, -0.25) is 4.68 Å². The van der Waals surface area contributed by atoms with E-state index in [1.54, 1.807) is 24.0 Å². The van der Waals surface area contributed by atoms with Crippen molar-refractivity contribution in [3.8, 4) is 11.8 Å². The Hall–Kier alpha value is -2.94. The highest BCUT2D eigenvalue weighted by molar-refractivity contribution is 7.92. The van der Waals surface area contributed by atoms with Gasteiger partial charge in [0.2, 0.25) is 0 Å². The summed E-state index contributed by atoms with van der Waals surface area (Å²) in [5.41, 5.74) is 1.07. The summed E-state index contributed by atoms with van der Waals surface area (Å²) in [4.78, 5) is 3.88. The number of pyridine rings is 1. The van der Waals surface area contributed by atoms with Gasteiger partial charge in [0.1, 0.15) is 34.8 Å². The SMILES string of the molecule is COc1ccc2cnn(C)c2c1N(COCC[Si](C)(C)C)S(=O)(=O)c1ccc(C#N)nc1. The molecule has 2 heterocycles. The molecule has 0 amide bonds. The summed E-state index contributed by atoms with van der Waals surface area (Å²) in [6.45, 7) is 6.93.